The normalized spacial score (nSPS) is 12.4. The molecule has 1 aromatic rings. The maximum absolute atomic E-state index is 10.4. The zero-order chi connectivity index (χ0) is 12.8. The van der Waals surface area contributed by atoms with Gasteiger partial charge in [0.25, 0.3) is 0 Å². The third kappa shape index (κ3) is 4.44. The number of hydrogen-bond donors (Lipinski definition) is 1. The number of carboxylic acids is 1. The summed E-state index contributed by atoms with van der Waals surface area (Å²) in [5, 5.41) is 8.52. The average molecular weight is 297 g/mol. The van der Waals surface area contributed by atoms with Crippen LogP contribution in [-0.4, -0.2) is 17.2 Å². The highest BCUT2D eigenvalue weighted by Gasteiger charge is 2.04. The molecule has 1 rings (SSSR count). The number of benzene rings is 1. The predicted molar refractivity (Wildman–Crippen MR) is 71.1 cm³/mol. The molecule has 0 amide bonds. The van der Waals surface area contributed by atoms with Gasteiger partial charge in [-0.2, -0.15) is 0 Å². The second kappa shape index (κ2) is 6.25. The largest absolute Gasteiger partial charge is 0.485 e. The van der Waals surface area contributed by atoms with E-state index in [-0.39, 0.29) is 6.10 Å². The summed E-state index contributed by atoms with van der Waals surface area (Å²) in [5.41, 5.74) is 0.790. The lowest BCUT2D eigenvalue weighted by atomic mass is 10.2. The maximum atomic E-state index is 10.4. The highest BCUT2D eigenvalue weighted by molar-refractivity contribution is 9.10. The molecule has 1 atom stereocenters. The fraction of sp³-hybridized carbons (Fsp3) is 0.154. The Morgan fingerprint density at radius 3 is 2.82 bits per heavy atom. The summed E-state index contributed by atoms with van der Waals surface area (Å²) < 4.78 is 6.35. The summed E-state index contributed by atoms with van der Waals surface area (Å²) in [5.74, 6) is -0.272. The highest BCUT2D eigenvalue weighted by Crippen LogP contribution is 2.27. The lowest BCUT2D eigenvalue weighted by molar-refractivity contribution is -0.131. The first-order chi connectivity index (χ1) is 8.02. The molecule has 0 aromatic heterocycles. The van der Waals surface area contributed by atoms with E-state index in [1.165, 1.54) is 6.08 Å². The number of aliphatic carboxylic acids is 1. The SMILES string of the molecule is C=CC(C)Oc1ccc(C=CC(=O)O)cc1Br. The van der Waals surface area contributed by atoms with Crippen LogP contribution in [0.2, 0.25) is 0 Å². The molecule has 0 aliphatic heterocycles. The summed E-state index contributed by atoms with van der Waals surface area (Å²) >= 11 is 3.37. The molecule has 3 nitrogen and oxygen atoms in total. The van der Waals surface area contributed by atoms with Crippen LogP contribution in [-0.2, 0) is 4.79 Å². The fourth-order valence-electron chi connectivity index (χ4n) is 1.13. The minimum Gasteiger partial charge on any atom is -0.485 e. The molecule has 1 unspecified atom stereocenters. The lowest BCUT2D eigenvalue weighted by Crippen LogP contribution is -2.07. The molecule has 0 radical (unpaired) electrons. The highest BCUT2D eigenvalue weighted by atomic mass is 79.9. The number of rotatable bonds is 5. The number of carboxylic acid groups (broad SMARTS) is 1. The van der Waals surface area contributed by atoms with Crippen LogP contribution in [0.4, 0.5) is 0 Å². The van der Waals surface area contributed by atoms with Crippen molar-refractivity contribution in [2.75, 3.05) is 0 Å². The van der Waals surface area contributed by atoms with E-state index >= 15 is 0 Å². The van der Waals surface area contributed by atoms with Crippen molar-refractivity contribution in [3.63, 3.8) is 0 Å². The quantitative estimate of drug-likeness (QED) is 0.668. The average Bonchev–Trinajstić information content (AvgIpc) is 2.29. The Labute approximate surface area is 109 Å². The predicted octanol–water partition coefficient (Wildman–Crippen LogP) is 3.50. The van der Waals surface area contributed by atoms with Crippen molar-refractivity contribution in [3.8, 4) is 5.75 Å². The van der Waals surface area contributed by atoms with Gasteiger partial charge in [-0.15, -0.1) is 0 Å². The summed E-state index contributed by atoms with van der Waals surface area (Å²) in [6, 6.07) is 5.37. The van der Waals surface area contributed by atoms with Crippen LogP contribution in [0.1, 0.15) is 12.5 Å². The van der Waals surface area contributed by atoms with Crippen molar-refractivity contribution >= 4 is 28.0 Å². The van der Waals surface area contributed by atoms with Gasteiger partial charge >= 0.3 is 5.97 Å². The Kier molecular flexibility index (Phi) is 4.97. The molecule has 0 fully saturated rings. The van der Waals surface area contributed by atoms with Crippen molar-refractivity contribution < 1.29 is 14.6 Å². The Hall–Kier alpha value is -1.55. The third-order valence-corrected chi connectivity index (χ3v) is 2.64. The van der Waals surface area contributed by atoms with Crippen molar-refractivity contribution in [3.05, 3.63) is 47.0 Å². The summed E-state index contributed by atoms with van der Waals surface area (Å²) in [6.07, 6.45) is 4.24. The molecule has 0 bridgehead atoms. The van der Waals surface area contributed by atoms with Crippen molar-refractivity contribution in [1.29, 1.82) is 0 Å². The minimum absolute atomic E-state index is 0.0771. The van der Waals surface area contributed by atoms with Gasteiger partial charge in [-0.05, 0) is 46.6 Å². The van der Waals surface area contributed by atoms with Crippen LogP contribution < -0.4 is 4.74 Å². The van der Waals surface area contributed by atoms with Crippen LogP contribution in [0, 0.1) is 0 Å². The van der Waals surface area contributed by atoms with Crippen LogP contribution in [0.5, 0.6) is 5.75 Å². The second-order valence-corrected chi connectivity index (χ2v) is 4.27. The molecular formula is C13H13BrO3. The number of halogens is 1. The summed E-state index contributed by atoms with van der Waals surface area (Å²) in [7, 11) is 0. The Morgan fingerprint density at radius 1 is 1.59 bits per heavy atom. The van der Waals surface area contributed by atoms with E-state index < -0.39 is 5.97 Å². The molecule has 0 aliphatic rings. The van der Waals surface area contributed by atoms with E-state index in [9.17, 15) is 4.79 Å². The van der Waals surface area contributed by atoms with E-state index in [0.29, 0.717) is 5.75 Å². The summed E-state index contributed by atoms with van der Waals surface area (Å²) in [6.45, 7) is 5.52. The van der Waals surface area contributed by atoms with Gasteiger partial charge in [0.05, 0.1) is 4.47 Å². The molecular weight excluding hydrogens is 284 g/mol. The lowest BCUT2D eigenvalue weighted by Gasteiger charge is -2.12. The molecule has 90 valence electrons. The van der Waals surface area contributed by atoms with Gasteiger partial charge in [-0.3, -0.25) is 0 Å². The van der Waals surface area contributed by atoms with Crippen LogP contribution >= 0.6 is 15.9 Å². The van der Waals surface area contributed by atoms with Crippen LogP contribution in [0.15, 0.2) is 41.4 Å². The molecule has 0 aliphatic carbocycles. The molecule has 0 spiro atoms. The maximum Gasteiger partial charge on any atom is 0.328 e. The standard InChI is InChI=1S/C13H13BrO3/c1-3-9(2)17-12-6-4-10(8-11(12)14)5-7-13(15)16/h3-9H,1H2,2H3,(H,15,16). The van der Waals surface area contributed by atoms with Crippen LogP contribution in [0.3, 0.4) is 0 Å². The topological polar surface area (TPSA) is 46.5 Å². The summed E-state index contributed by atoms with van der Waals surface area (Å²) in [4.78, 5) is 10.4. The first-order valence-electron chi connectivity index (χ1n) is 5.02. The molecule has 0 heterocycles. The molecule has 0 saturated carbocycles. The second-order valence-electron chi connectivity index (χ2n) is 3.42. The van der Waals surface area contributed by atoms with E-state index in [2.05, 4.69) is 22.5 Å². The van der Waals surface area contributed by atoms with Gasteiger partial charge in [0.2, 0.25) is 0 Å². The van der Waals surface area contributed by atoms with Crippen molar-refractivity contribution in [1.82, 2.24) is 0 Å². The van der Waals surface area contributed by atoms with Gasteiger partial charge in [0, 0.05) is 6.08 Å². The first-order valence-corrected chi connectivity index (χ1v) is 5.82. The molecule has 4 heteroatoms. The zero-order valence-electron chi connectivity index (χ0n) is 9.39. The smallest absolute Gasteiger partial charge is 0.328 e. The zero-order valence-corrected chi connectivity index (χ0v) is 11.0. The van der Waals surface area contributed by atoms with Crippen molar-refractivity contribution in [2.24, 2.45) is 0 Å². The molecule has 17 heavy (non-hydrogen) atoms. The molecule has 0 saturated heterocycles. The van der Waals surface area contributed by atoms with E-state index in [0.717, 1.165) is 16.1 Å². The Bertz CT molecular complexity index is 452. The first kappa shape index (κ1) is 13.5. The molecule has 1 N–H and O–H groups in total. The fourth-order valence-corrected chi connectivity index (χ4v) is 1.62. The van der Waals surface area contributed by atoms with Gasteiger partial charge in [-0.1, -0.05) is 18.7 Å². The van der Waals surface area contributed by atoms with E-state index in [1.54, 1.807) is 24.3 Å². The number of ether oxygens (including phenoxy) is 1. The minimum atomic E-state index is -0.971. The third-order valence-electron chi connectivity index (χ3n) is 2.02. The Morgan fingerprint density at radius 2 is 2.29 bits per heavy atom. The number of hydrogen-bond acceptors (Lipinski definition) is 2. The van der Waals surface area contributed by atoms with Gasteiger partial charge in [0.1, 0.15) is 11.9 Å². The van der Waals surface area contributed by atoms with Gasteiger partial charge in [-0.25, -0.2) is 4.79 Å². The molecule has 1 aromatic carbocycles. The van der Waals surface area contributed by atoms with E-state index in [1.807, 2.05) is 6.92 Å². The number of carbonyl (C=O) groups is 1. The Balaban J connectivity index is 2.86. The van der Waals surface area contributed by atoms with Crippen LogP contribution in [0.25, 0.3) is 6.08 Å². The van der Waals surface area contributed by atoms with Gasteiger partial charge in [0.15, 0.2) is 0 Å². The van der Waals surface area contributed by atoms with Crippen molar-refractivity contribution in [2.45, 2.75) is 13.0 Å². The monoisotopic (exact) mass is 296 g/mol. The van der Waals surface area contributed by atoms with Gasteiger partial charge < -0.3 is 9.84 Å². The van der Waals surface area contributed by atoms with E-state index in [4.69, 9.17) is 9.84 Å².